The third-order valence-electron chi connectivity index (χ3n) is 3.70. The van der Waals surface area contributed by atoms with Gasteiger partial charge in [0.2, 0.25) is 10.0 Å². The summed E-state index contributed by atoms with van der Waals surface area (Å²) in [6.45, 7) is 4.50. The van der Waals surface area contributed by atoms with Crippen molar-refractivity contribution in [2.24, 2.45) is 11.8 Å². The third-order valence-corrected chi connectivity index (χ3v) is 4.29. The minimum Gasteiger partial charge on any atom is -0.381 e. The molecule has 0 aliphatic heterocycles. The van der Waals surface area contributed by atoms with E-state index in [-0.39, 0.29) is 0 Å². The highest BCUT2D eigenvalue weighted by Gasteiger charge is 2.31. The molecular formula is C14H22N2O2S. The molecular weight excluding hydrogens is 260 g/mol. The van der Waals surface area contributed by atoms with Crippen LogP contribution in [0.1, 0.15) is 26.7 Å². The summed E-state index contributed by atoms with van der Waals surface area (Å²) in [7, 11) is -3.24. The summed E-state index contributed by atoms with van der Waals surface area (Å²) < 4.78 is 25.2. The molecule has 1 aliphatic rings. The van der Waals surface area contributed by atoms with Crippen LogP contribution in [0.2, 0.25) is 0 Å². The smallest absolute Gasteiger partial charge is 0.229 e. The average molecular weight is 282 g/mol. The number of anilines is 2. The molecule has 1 aromatic carbocycles. The van der Waals surface area contributed by atoms with E-state index in [1.54, 1.807) is 6.07 Å². The number of para-hydroxylation sites is 2. The molecule has 0 amide bonds. The summed E-state index contributed by atoms with van der Waals surface area (Å²) in [5.74, 6) is 1.51. The van der Waals surface area contributed by atoms with E-state index in [9.17, 15) is 8.42 Å². The maximum atomic E-state index is 11.3. The van der Waals surface area contributed by atoms with E-state index < -0.39 is 10.0 Å². The lowest BCUT2D eigenvalue weighted by molar-refractivity contribution is 0.212. The minimum atomic E-state index is -3.24. The van der Waals surface area contributed by atoms with Crippen LogP contribution in [0.15, 0.2) is 24.3 Å². The van der Waals surface area contributed by atoms with Gasteiger partial charge in [-0.25, -0.2) is 8.42 Å². The van der Waals surface area contributed by atoms with Gasteiger partial charge in [-0.05, 0) is 36.8 Å². The summed E-state index contributed by atoms with van der Waals surface area (Å²) in [4.78, 5) is 0. The van der Waals surface area contributed by atoms with E-state index in [1.807, 2.05) is 18.2 Å². The first kappa shape index (κ1) is 14.2. The molecule has 19 heavy (non-hydrogen) atoms. The zero-order valence-electron chi connectivity index (χ0n) is 11.7. The first-order valence-corrected chi connectivity index (χ1v) is 8.57. The highest BCUT2D eigenvalue weighted by atomic mass is 32.2. The Morgan fingerprint density at radius 3 is 2.26 bits per heavy atom. The number of rotatable bonds is 5. The second kappa shape index (κ2) is 5.41. The summed E-state index contributed by atoms with van der Waals surface area (Å²) in [5, 5.41) is 3.43. The van der Waals surface area contributed by atoms with Gasteiger partial charge >= 0.3 is 0 Å². The molecule has 0 radical (unpaired) electrons. The van der Waals surface area contributed by atoms with E-state index in [1.165, 1.54) is 6.26 Å². The summed E-state index contributed by atoms with van der Waals surface area (Å²) in [6, 6.07) is 7.89. The Morgan fingerprint density at radius 2 is 1.74 bits per heavy atom. The predicted octanol–water partition coefficient (Wildman–Crippen LogP) is 2.90. The topological polar surface area (TPSA) is 58.2 Å². The van der Waals surface area contributed by atoms with E-state index >= 15 is 0 Å². The first-order valence-electron chi connectivity index (χ1n) is 6.68. The van der Waals surface area contributed by atoms with Crippen LogP contribution in [-0.2, 0) is 10.0 Å². The number of sulfonamides is 1. The first-order chi connectivity index (χ1) is 8.85. The van der Waals surface area contributed by atoms with Crippen LogP contribution >= 0.6 is 0 Å². The van der Waals surface area contributed by atoms with Crippen LogP contribution in [0.25, 0.3) is 0 Å². The van der Waals surface area contributed by atoms with E-state index in [0.717, 1.165) is 30.4 Å². The lowest BCUT2D eigenvalue weighted by atomic mass is 9.73. The molecule has 0 atom stereocenters. The molecule has 0 unspecified atom stereocenters. The van der Waals surface area contributed by atoms with Gasteiger partial charge < -0.3 is 5.32 Å². The molecule has 1 fully saturated rings. The zero-order chi connectivity index (χ0) is 14.0. The molecule has 2 rings (SSSR count). The summed E-state index contributed by atoms with van der Waals surface area (Å²) >= 11 is 0. The van der Waals surface area contributed by atoms with Crippen molar-refractivity contribution < 1.29 is 8.42 Å². The van der Waals surface area contributed by atoms with Crippen molar-refractivity contribution in [3.05, 3.63) is 24.3 Å². The normalized spacial score (nSPS) is 22.9. The number of hydrogen-bond acceptors (Lipinski definition) is 3. The Kier molecular flexibility index (Phi) is 4.04. The second-order valence-electron chi connectivity index (χ2n) is 5.74. The van der Waals surface area contributed by atoms with Crippen LogP contribution in [0.5, 0.6) is 0 Å². The molecule has 5 heteroatoms. The standard InChI is InChI=1S/C14H22N2O2S/c1-10(2)11-8-12(9-11)15-13-6-4-5-7-14(13)16-19(3,17)18/h4-7,10-12,15-16H,8-9H2,1-3H3. The van der Waals surface area contributed by atoms with Gasteiger partial charge in [-0.15, -0.1) is 0 Å². The molecule has 4 nitrogen and oxygen atoms in total. The number of benzene rings is 1. The van der Waals surface area contributed by atoms with Crippen molar-refractivity contribution in [2.75, 3.05) is 16.3 Å². The monoisotopic (exact) mass is 282 g/mol. The quantitative estimate of drug-likeness (QED) is 0.873. The SMILES string of the molecule is CC(C)C1CC(Nc2ccccc2NS(C)(=O)=O)C1. The van der Waals surface area contributed by atoms with Gasteiger partial charge in [-0.1, -0.05) is 26.0 Å². The van der Waals surface area contributed by atoms with E-state index in [0.29, 0.717) is 11.7 Å². The predicted molar refractivity (Wildman–Crippen MR) is 79.9 cm³/mol. The van der Waals surface area contributed by atoms with Gasteiger partial charge in [-0.3, -0.25) is 4.72 Å². The van der Waals surface area contributed by atoms with Gasteiger partial charge in [0.15, 0.2) is 0 Å². The largest absolute Gasteiger partial charge is 0.381 e. The van der Waals surface area contributed by atoms with Gasteiger partial charge in [0.25, 0.3) is 0 Å². The molecule has 1 saturated carbocycles. The Bertz CT molecular complexity index is 534. The Hall–Kier alpha value is -1.23. The lowest BCUT2D eigenvalue weighted by Gasteiger charge is -2.39. The maximum absolute atomic E-state index is 11.3. The molecule has 1 aliphatic carbocycles. The van der Waals surface area contributed by atoms with Gasteiger partial charge in [0.05, 0.1) is 17.6 Å². The highest BCUT2D eigenvalue weighted by molar-refractivity contribution is 7.92. The Balaban J connectivity index is 2.01. The summed E-state index contributed by atoms with van der Waals surface area (Å²) in [5.41, 5.74) is 1.48. The molecule has 0 aromatic heterocycles. The molecule has 0 bridgehead atoms. The van der Waals surface area contributed by atoms with Crippen LogP contribution in [-0.4, -0.2) is 20.7 Å². The van der Waals surface area contributed by atoms with Crippen LogP contribution in [0, 0.1) is 11.8 Å². The van der Waals surface area contributed by atoms with Gasteiger partial charge in [0, 0.05) is 6.04 Å². The fourth-order valence-corrected chi connectivity index (χ4v) is 3.02. The minimum absolute atomic E-state index is 0.454. The van der Waals surface area contributed by atoms with Crippen LogP contribution in [0.4, 0.5) is 11.4 Å². The van der Waals surface area contributed by atoms with E-state index in [2.05, 4.69) is 23.9 Å². The van der Waals surface area contributed by atoms with Gasteiger partial charge in [0.1, 0.15) is 0 Å². The maximum Gasteiger partial charge on any atom is 0.229 e. The molecule has 1 aromatic rings. The van der Waals surface area contributed by atoms with Crippen molar-refractivity contribution in [1.29, 1.82) is 0 Å². The third kappa shape index (κ3) is 3.86. The van der Waals surface area contributed by atoms with Crippen molar-refractivity contribution in [2.45, 2.75) is 32.7 Å². The molecule has 0 heterocycles. The highest BCUT2D eigenvalue weighted by Crippen LogP contribution is 2.36. The molecule has 106 valence electrons. The van der Waals surface area contributed by atoms with Crippen LogP contribution in [0.3, 0.4) is 0 Å². The number of hydrogen-bond donors (Lipinski definition) is 2. The molecule has 0 saturated heterocycles. The lowest BCUT2D eigenvalue weighted by Crippen LogP contribution is -2.38. The summed E-state index contributed by atoms with van der Waals surface area (Å²) in [6.07, 6.45) is 3.48. The number of nitrogens with one attached hydrogen (secondary N) is 2. The fourth-order valence-electron chi connectivity index (χ4n) is 2.44. The Morgan fingerprint density at radius 1 is 1.16 bits per heavy atom. The van der Waals surface area contributed by atoms with Crippen molar-refractivity contribution in [3.8, 4) is 0 Å². The average Bonchev–Trinajstić information content (AvgIpc) is 2.22. The van der Waals surface area contributed by atoms with Crippen molar-refractivity contribution in [1.82, 2.24) is 0 Å². The zero-order valence-corrected chi connectivity index (χ0v) is 12.5. The molecule has 2 N–H and O–H groups in total. The van der Waals surface area contributed by atoms with Gasteiger partial charge in [-0.2, -0.15) is 0 Å². The van der Waals surface area contributed by atoms with Crippen molar-refractivity contribution >= 4 is 21.4 Å². The van der Waals surface area contributed by atoms with E-state index in [4.69, 9.17) is 0 Å². The van der Waals surface area contributed by atoms with Crippen molar-refractivity contribution in [3.63, 3.8) is 0 Å². The van der Waals surface area contributed by atoms with Crippen LogP contribution < -0.4 is 10.0 Å². The Labute approximate surface area is 115 Å². The second-order valence-corrected chi connectivity index (χ2v) is 7.49. The fraction of sp³-hybridized carbons (Fsp3) is 0.571. The molecule has 0 spiro atoms.